The Balaban J connectivity index is 2.08. The molecule has 0 spiro atoms. The summed E-state index contributed by atoms with van der Waals surface area (Å²) in [5.74, 6) is 0.825. The van der Waals surface area contributed by atoms with Crippen molar-refractivity contribution >= 4 is 0 Å². The zero-order chi connectivity index (χ0) is 11.1. The van der Waals surface area contributed by atoms with Gasteiger partial charge in [-0.25, -0.2) is 0 Å². The summed E-state index contributed by atoms with van der Waals surface area (Å²) in [4.78, 5) is 2.34. The first-order chi connectivity index (χ1) is 7.26. The van der Waals surface area contributed by atoms with Gasteiger partial charge in [0.25, 0.3) is 0 Å². The molecular weight excluding hydrogens is 188 g/mol. The molecule has 15 heavy (non-hydrogen) atoms. The minimum absolute atomic E-state index is 0.387. The van der Waals surface area contributed by atoms with Crippen LogP contribution in [0.4, 0.5) is 0 Å². The number of rotatable bonds is 6. The van der Waals surface area contributed by atoms with Crippen LogP contribution in [0.3, 0.4) is 0 Å². The maximum Gasteiger partial charge on any atom is 0.0826 e. The minimum atomic E-state index is 0.387. The van der Waals surface area contributed by atoms with Gasteiger partial charge in [0.15, 0.2) is 0 Å². The Morgan fingerprint density at radius 3 is 2.73 bits per heavy atom. The second-order valence-corrected chi connectivity index (χ2v) is 4.60. The first-order valence-electron chi connectivity index (χ1n) is 6.27. The van der Waals surface area contributed by atoms with E-state index < -0.39 is 0 Å². The molecule has 3 nitrogen and oxygen atoms in total. The lowest BCUT2D eigenvalue weighted by molar-refractivity contribution is -0.0184. The molecule has 0 bridgehead atoms. The van der Waals surface area contributed by atoms with Gasteiger partial charge in [0.1, 0.15) is 0 Å². The smallest absolute Gasteiger partial charge is 0.0826 e. The lowest BCUT2D eigenvalue weighted by Crippen LogP contribution is -2.45. The Bertz CT molecular complexity index is 160. The van der Waals surface area contributed by atoms with E-state index in [4.69, 9.17) is 4.74 Å². The predicted molar refractivity (Wildman–Crippen MR) is 64.2 cm³/mol. The fraction of sp³-hybridized carbons (Fsp3) is 1.00. The third kappa shape index (κ3) is 4.96. The molecule has 1 N–H and O–H groups in total. The monoisotopic (exact) mass is 214 g/mol. The molecule has 0 aromatic rings. The van der Waals surface area contributed by atoms with Crippen LogP contribution in [0.2, 0.25) is 0 Å². The van der Waals surface area contributed by atoms with Crippen molar-refractivity contribution in [2.45, 2.75) is 32.8 Å². The van der Waals surface area contributed by atoms with Gasteiger partial charge in [0.05, 0.1) is 12.7 Å². The van der Waals surface area contributed by atoms with Crippen LogP contribution in [0.1, 0.15) is 26.7 Å². The molecule has 1 rings (SSSR count). The molecular formula is C12H26N2O. The number of morpholine rings is 1. The first-order valence-corrected chi connectivity index (χ1v) is 6.27. The van der Waals surface area contributed by atoms with Crippen molar-refractivity contribution in [2.24, 2.45) is 5.92 Å². The van der Waals surface area contributed by atoms with Gasteiger partial charge in [-0.2, -0.15) is 0 Å². The summed E-state index contributed by atoms with van der Waals surface area (Å²) in [5.41, 5.74) is 0. The molecule has 0 amide bonds. The van der Waals surface area contributed by atoms with Gasteiger partial charge in [0.2, 0.25) is 0 Å². The van der Waals surface area contributed by atoms with Crippen molar-refractivity contribution < 1.29 is 4.74 Å². The molecule has 1 atom stereocenters. The molecule has 90 valence electrons. The first kappa shape index (κ1) is 12.9. The Morgan fingerprint density at radius 2 is 2.13 bits per heavy atom. The molecule has 0 saturated carbocycles. The third-order valence-corrected chi connectivity index (χ3v) is 3.30. The molecule has 0 unspecified atom stereocenters. The number of hydrogen-bond acceptors (Lipinski definition) is 3. The fourth-order valence-corrected chi connectivity index (χ4v) is 2.02. The normalized spacial score (nSPS) is 23.6. The number of nitrogens with zero attached hydrogens (tertiary/aromatic N) is 1. The van der Waals surface area contributed by atoms with Crippen molar-refractivity contribution in [1.29, 1.82) is 0 Å². The predicted octanol–water partition coefficient (Wildman–Crippen LogP) is 1.34. The average Bonchev–Trinajstić information content (AvgIpc) is 2.25. The van der Waals surface area contributed by atoms with Crippen molar-refractivity contribution in [1.82, 2.24) is 10.2 Å². The van der Waals surface area contributed by atoms with E-state index in [1.54, 1.807) is 0 Å². The van der Waals surface area contributed by atoms with E-state index in [1.807, 2.05) is 0 Å². The number of ether oxygens (including phenoxy) is 1. The Hall–Kier alpha value is -0.120. The van der Waals surface area contributed by atoms with Crippen molar-refractivity contribution in [3.8, 4) is 0 Å². The zero-order valence-corrected chi connectivity index (χ0v) is 10.5. The molecule has 1 heterocycles. The highest BCUT2D eigenvalue weighted by Gasteiger charge is 2.17. The van der Waals surface area contributed by atoms with E-state index in [9.17, 15) is 0 Å². The third-order valence-electron chi connectivity index (χ3n) is 3.30. The molecule has 1 saturated heterocycles. The summed E-state index contributed by atoms with van der Waals surface area (Å²) in [6.07, 6.45) is 2.93. The summed E-state index contributed by atoms with van der Waals surface area (Å²) >= 11 is 0. The van der Waals surface area contributed by atoms with E-state index in [1.165, 1.54) is 12.8 Å². The van der Waals surface area contributed by atoms with E-state index in [0.717, 1.165) is 38.7 Å². The second-order valence-electron chi connectivity index (χ2n) is 4.60. The topological polar surface area (TPSA) is 24.5 Å². The number of nitrogens with one attached hydrogen (secondary N) is 1. The van der Waals surface area contributed by atoms with Gasteiger partial charge in [-0.3, -0.25) is 0 Å². The minimum Gasteiger partial charge on any atom is -0.374 e. The van der Waals surface area contributed by atoms with E-state index in [-0.39, 0.29) is 0 Å². The van der Waals surface area contributed by atoms with Gasteiger partial charge in [-0.15, -0.1) is 0 Å². The van der Waals surface area contributed by atoms with Crippen LogP contribution in [-0.4, -0.2) is 50.8 Å². The van der Waals surface area contributed by atoms with Crippen LogP contribution in [0, 0.1) is 5.92 Å². The highest BCUT2D eigenvalue weighted by atomic mass is 16.5. The van der Waals surface area contributed by atoms with Gasteiger partial charge in [-0.05, 0) is 19.5 Å². The molecule has 1 aliphatic rings. The van der Waals surface area contributed by atoms with E-state index >= 15 is 0 Å². The fourth-order valence-electron chi connectivity index (χ4n) is 2.02. The zero-order valence-electron chi connectivity index (χ0n) is 10.5. The molecule has 0 aromatic carbocycles. The van der Waals surface area contributed by atoms with Crippen molar-refractivity contribution in [3.63, 3.8) is 0 Å². The lowest BCUT2D eigenvalue weighted by Gasteiger charge is -2.30. The maximum absolute atomic E-state index is 5.69. The van der Waals surface area contributed by atoms with Crippen molar-refractivity contribution in [3.05, 3.63) is 0 Å². The van der Waals surface area contributed by atoms with Gasteiger partial charge in [0, 0.05) is 19.6 Å². The summed E-state index contributed by atoms with van der Waals surface area (Å²) in [6.45, 7) is 9.69. The average molecular weight is 214 g/mol. The molecule has 3 heteroatoms. The van der Waals surface area contributed by atoms with Crippen molar-refractivity contribution in [2.75, 3.05) is 39.8 Å². The quantitative estimate of drug-likeness (QED) is 0.722. The SMILES string of the molecule is CCC(CC)CNC[C@@H]1CN(C)CCO1. The van der Waals surface area contributed by atoms with Crippen LogP contribution in [0.5, 0.6) is 0 Å². The molecule has 1 fully saturated rings. The van der Waals surface area contributed by atoms with Gasteiger partial charge in [-0.1, -0.05) is 26.7 Å². The maximum atomic E-state index is 5.69. The van der Waals surface area contributed by atoms with Crippen LogP contribution in [0.15, 0.2) is 0 Å². The summed E-state index contributed by atoms with van der Waals surface area (Å²) in [5, 5.41) is 3.53. The number of hydrogen-bond donors (Lipinski definition) is 1. The van der Waals surface area contributed by atoms with Gasteiger partial charge < -0.3 is 15.0 Å². The summed E-state index contributed by atoms with van der Waals surface area (Å²) in [7, 11) is 2.16. The largest absolute Gasteiger partial charge is 0.374 e. The molecule has 0 aromatic heterocycles. The van der Waals surface area contributed by atoms with Crippen LogP contribution in [-0.2, 0) is 4.74 Å². The Morgan fingerprint density at radius 1 is 1.40 bits per heavy atom. The summed E-state index contributed by atoms with van der Waals surface area (Å²) < 4.78 is 5.69. The highest BCUT2D eigenvalue weighted by molar-refractivity contribution is 4.71. The lowest BCUT2D eigenvalue weighted by atomic mass is 10.0. The molecule has 0 radical (unpaired) electrons. The standard InChI is InChI=1S/C12H26N2O/c1-4-11(5-2)8-13-9-12-10-14(3)6-7-15-12/h11-13H,4-10H2,1-3H3/t12-/m1/s1. The van der Waals surface area contributed by atoms with Crippen LogP contribution >= 0.6 is 0 Å². The summed E-state index contributed by atoms with van der Waals surface area (Å²) in [6, 6.07) is 0. The van der Waals surface area contributed by atoms with Crippen LogP contribution < -0.4 is 5.32 Å². The van der Waals surface area contributed by atoms with E-state index in [0.29, 0.717) is 6.10 Å². The number of likely N-dealkylation sites (N-methyl/N-ethyl adjacent to an activating group) is 1. The van der Waals surface area contributed by atoms with E-state index in [2.05, 4.69) is 31.1 Å². The highest BCUT2D eigenvalue weighted by Crippen LogP contribution is 2.06. The van der Waals surface area contributed by atoms with Gasteiger partial charge >= 0.3 is 0 Å². The second kappa shape index (κ2) is 7.20. The molecule has 1 aliphatic heterocycles. The Kier molecular flexibility index (Phi) is 6.22. The van der Waals surface area contributed by atoms with Crippen LogP contribution in [0.25, 0.3) is 0 Å². The Labute approximate surface area is 94.2 Å². The molecule has 0 aliphatic carbocycles.